The highest BCUT2D eigenvalue weighted by atomic mass is 16.2. The third-order valence-electron chi connectivity index (χ3n) is 9.15. The van der Waals surface area contributed by atoms with E-state index in [-0.39, 0.29) is 24.3 Å². The lowest BCUT2D eigenvalue weighted by atomic mass is 9.69. The van der Waals surface area contributed by atoms with Crippen LogP contribution in [0.2, 0.25) is 0 Å². The molecule has 0 aromatic heterocycles. The number of hydrogen-bond acceptors (Lipinski definition) is 3. The normalized spacial score (nSPS) is 41.1. The molecule has 6 unspecified atom stereocenters. The fourth-order valence-electron chi connectivity index (χ4n) is 7.17. The minimum atomic E-state index is -0.512. The van der Waals surface area contributed by atoms with Gasteiger partial charge >= 0.3 is 0 Å². The first kappa shape index (κ1) is 21.8. The molecule has 4 fully saturated rings. The average molecular weight is 417 g/mol. The number of amides is 2. The number of nitrogens with zero attached hydrogens (tertiary/aromatic N) is 1. The first-order chi connectivity index (χ1) is 14.4. The molecule has 1 aliphatic heterocycles. The van der Waals surface area contributed by atoms with Gasteiger partial charge in [0.1, 0.15) is 6.29 Å². The third-order valence-corrected chi connectivity index (χ3v) is 9.15. The summed E-state index contributed by atoms with van der Waals surface area (Å²) in [7, 11) is 0. The van der Waals surface area contributed by atoms with Crippen LogP contribution in [0.25, 0.3) is 0 Å². The topological polar surface area (TPSA) is 66.5 Å². The predicted octanol–water partition coefficient (Wildman–Crippen LogP) is 3.95. The van der Waals surface area contributed by atoms with E-state index in [9.17, 15) is 14.4 Å². The van der Waals surface area contributed by atoms with Crippen LogP contribution in [0.3, 0.4) is 0 Å². The molecule has 1 N–H and O–H groups in total. The van der Waals surface area contributed by atoms with Crippen LogP contribution in [-0.2, 0) is 14.4 Å². The molecule has 6 atom stereocenters. The molecule has 3 aliphatic carbocycles. The summed E-state index contributed by atoms with van der Waals surface area (Å²) >= 11 is 0. The average Bonchev–Trinajstić information content (AvgIpc) is 3.39. The standard InChI is InChI=1S/C25H40N2O3/c1-18-6-4-3-5-10-24(2,11-9-18)12-13-26-21(29)15-27-16-25(17-28)20-8-7-19(14-20)22(25)23(27)30/h17-20,22H,3-16H2,1-2H3,(H,26,29). The Labute approximate surface area is 181 Å². The van der Waals surface area contributed by atoms with Crippen molar-refractivity contribution in [1.82, 2.24) is 10.2 Å². The maximum Gasteiger partial charge on any atom is 0.239 e. The van der Waals surface area contributed by atoms with Crippen LogP contribution in [0, 0.1) is 34.5 Å². The maximum atomic E-state index is 13.0. The molecule has 0 aromatic carbocycles. The lowest BCUT2D eigenvalue weighted by Crippen LogP contribution is -2.41. The summed E-state index contributed by atoms with van der Waals surface area (Å²) in [5.41, 5.74) is -0.213. The molecule has 0 aromatic rings. The summed E-state index contributed by atoms with van der Waals surface area (Å²) in [6, 6.07) is 0. The van der Waals surface area contributed by atoms with Crippen molar-refractivity contribution in [2.24, 2.45) is 34.5 Å². The third kappa shape index (κ3) is 4.05. The van der Waals surface area contributed by atoms with Crippen LogP contribution < -0.4 is 5.32 Å². The Balaban J connectivity index is 1.27. The molecule has 5 nitrogen and oxygen atoms in total. The summed E-state index contributed by atoms with van der Waals surface area (Å²) < 4.78 is 0. The summed E-state index contributed by atoms with van der Waals surface area (Å²) in [5.74, 6) is 1.30. The van der Waals surface area contributed by atoms with Crippen molar-refractivity contribution in [3.8, 4) is 0 Å². The van der Waals surface area contributed by atoms with E-state index in [0.717, 1.165) is 37.9 Å². The van der Waals surface area contributed by atoms with Gasteiger partial charge in [0, 0.05) is 13.1 Å². The molecule has 1 heterocycles. The van der Waals surface area contributed by atoms with Crippen LogP contribution in [0.15, 0.2) is 0 Å². The van der Waals surface area contributed by atoms with E-state index in [4.69, 9.17) is 0 Å². The smallest absolute Gasteiger partial charge is 0.239 e. The number of nitrogens with one attached hydrogen (secondary N) is 1. The molecule has 1 saturated heterocycles. The van der Waals surface area contributed by atoms with Crippen LogP contribution in [-0.4, -0.2) is 42.6 Å². The zero-order chi connectivity index (χ0) is 21.4. The van der Waals surface area contributed by atoms with Gasteiger partial charge in [-0.15, -0.1) is 0 Å². The fraction of sp³-hybridized carbons (Fsp3) is 0.880. The molecule has 4 rings (SSSR count). The molecule has 2 bridgehead atoms. The van der Waals surface area contributed by atoms with Crippen LogP contribution >= 0.6 is 0 Å². The predicted molar refractivity (Wildman–Crippen MR) is 117 cm³/mol. The zero-order valence-corrected chi connectivity index (χ0v) is 19.0. The summed E-state index contributed by atoms with van der Waals surface area (Å²) in [6.45, 7) is 5.99. The molecule has 168 valence electrons. The number of hydrogen-bond donors (Lipinski definition) is 1. The lowest BCUT2D eigenvalue weighted by Gasteiger charge is -2.31. The monoisotopic (exact) mass is 416 g/mol. The summed E-state index contributed by atoms with van der Waals surface area (Å²) in [4.78, 5) is 39.2. The largest absolute Gasteiger partial charge is 0.355 e. The SMILES string of the molecule is CC1CCCCCC(C)(CCNC(=O)CN2CC3(C=O)C4CCC(C4)C3C2=O)CC1. The Kier molecular flexibility index (Phi) is 6.28. The van der Waals surface area contributed by atoms with E-state index in [1.54, 1.807) is 4.90 Å². The molecule has 5 heteroatoms. The first-order valence-corrected chi connectivity index (χ1v) is 12.4. The van der Waals surface area contributed by atoms with Crippen molar-refractivity contribution in [3.63, 3.8) is 0 Å². The first-order valence-electron chi connectivity index (χ1n) is 12.4. The van der Waals surface area contributed by atoms with Crippen molar-refractivity contribution in [1.29, 1.82) is 0 Å². The number of fused-ring (bicyclic) bond motifs is 5. The van der Waals surface area contributed by atoms with E-state index in [2.05, 4.69) is 19.2 Å². The molecule has 30 heavy (non-hydrogen) atoms. The van der Waals surface area contributed by atoms with E-state index >= 15 is 0 Å². The second kappa shape index (κ2) is 8.63. The van der Waals surface area contributed by atoms with Crippen molar-refractivity contribution < 1.29 is 14.4 Å². The van der Waals surface area contributed by atoms with Crippen molar-refractivity contribution in [2.75, 3.05) is 19.6 Å². The van der Waals surface area contributed by atoms with Crippen molar-refractivity contribution >= 4 is 18.1 Å². The minimum Gasteiger partial charge on any atom is -0.355 e. The van der Waals surface area contributed by atoms with Gasteiger partial charge in [-0.05, 0) is 61.7 Å². The Hall–Kier alpha value is -1.39. The fourth-order valence-corrected chi connectivity index (χ4v) is 7.17. The van der Waals surface area contributed by atoms with Crippen LogP contribution in [0.5, 0.6) is 0 Å². The van der Waals surface area contributed by atoms with Gasteiger partial charge in [0.2, 0.25) is 11.8 Å². The Morgan fingerprint density at radius 3 is 2.77 bits per heavy atom. The van der Waals surface area contributed by atoms with E-state index in [1.807, 2.05) is 0 Å². The molecular weight excluding hydrogens is 376 g/mol. The highest BCUT2D eigenvalue weighted by Crippen LogP contribution is 2.62. The van der Waals surface area contributed by atoms with Gasteiger partial charge in [0.15, 0.2) is 0 Å². The number of carbonyl (C=O) groups excluding carboxylic acids is 3. The number of aldehydes is 1. The highest BCUT2D eigenvalue weighted by molar-refractivity contribution is 5.92. The van der Waals surface area contributed by atoms with Gasteiger partial charge in [0.05, 0.1) is 17.9 Å². The second-order valence-corrected chi connectivity index (χ2v) is 11.3. The molecule has 2 amide bonds. The molecule has 3 saturated carbocycles. The Bertz CT molecular complexity index is 679. The summed E-state index contributed by atoms with van der Waals surface area (Å²) in [5, 5.41) is 3.08. The quantitative estimate of drug-likeness (QED) is 0.667. The van der Waals surface area contributed by atoms with Crippen LogP contribution in [0.1, 0.15) is 84.5 Å². The Morgan fingerprint density at radius 2 is 2.00 bits per heavy atom. The lowest BCUT2D eigenvalue weighted by molar-refractivity contribution is -0.137. The van der Waals surface area contributed by atoms with Crippen LogP contribution in [0.4, 0.5) is 0 Å². The number of likely N-dealkylation sites (tertiary alicyclic amines) is 1. The molecular formula is C25H40N2O3. The second-order valence-electron chi connectivity index (χ2n) is 11.3. The Morgan fingerprint density at radius 1 is 1.17 bits per heavy atom. The number of carbonyl (C=O) groups is 3. The van der Waals surface area contributed by atoms with E-state index < -0.39 is 5.41 Å². The zero-order valence-electron chi connectivity index (χ0n) is 19.0. The highest BCUT2D eigenvalue weighted by Gasteiger charge is 2.66. The van der Waals surface area contributed by atoms with Gasteiger partial charge in [-0.1, -0.05) is 46.0 Å². The van der Waals surface area contributed by atoms with Crippen molar-refractivity contribution in [2.45, 2.75) is 84.5 Å². The number of rotatable bonds is 6. The molecule has 4 aliphatic rings. The van der Waals surface area contributed by atoms with Gasteiger partial charge < -0.3 is 15.0 Å². The van der Waals surface area contributed by atoms with Crippen molar-refractivity contribution in [3.05, 3.63) is 0 Å². The maximum absolute atomic E-state index is 13.0. The minimum absolute atomic E-state index is 0.0432. The molecule has 0 radical (unpaired) electrons. The van der Waals surface area contributed by atoms with Gasteiger partial charge in [0.25, 0.3) is 0 Å². The van der Waals surface area contributed by atoms with E-state index in [0.29, 0.717) is 30.3 Å². The van der Waals surface area contributed by atoms with E-state index in [1.165, 1.54) is 44.9 Å². The van der Waals surface area contributed by atoms with Gasteiger partial charge in [-0.2, -0.15) is 0 Å². The molecule has 0 spiro atoms. The van der Waals surface area contributed by atoms with Gasteiger partial charge in [-0.3, -0.25) is 9.59 Å². The van der Waals surface area contributed by atoms with Gasteiger partial charge in [-0.25, -0.2) is 0 Å². The summed E-state index contributed by atoms with van der Waals surface area (Å²) in [6.07, 6.45) is 14.3.